The van der Waals surface area contributed by atoms with Crippen molar-refractivity contribution < 1.29 is 56.5 Å². The van der Waals surface area contributed by atoms with E-state index in [-0.39, 0.29) is 42.9 Å². The van der Waals surface area contributed by atoms with E-state index in [0.717, 1.165) is 17.5 Å². The van der Waals surface area contributed by atoms with Crippen molar-refractivity contribution in [2.45, 2.75) is 127 Å². The molecule has 0 amide bonds. The van der Waals surface area contributed by atoms with Gasteiger partial charge in [0.1, 0.15) is 44.5 Å². The highest BCUT2D eigenvalue weighted by atomic mass is 31.2. The monoisotopic (exact) mass is 784 g/mol. The first-order valence-electron chi connectivity index (χ1n) is 18.3. The molecule has 300 valence electrons. The largest absolute Gasteiger partial charge is 0.369 e. The molecule has 0 aliphatic carbocycles. The van der Waals surface area contributed by atoms with Gasteiger partial charge in [0.25, 0.3) is 0 Å². The van der Waals surface area contributed by atoms with Crippen LogP contribution in [0, 0.1) is 0 Å². The van der Waals surface area contributed by atoms with Crippen LogP contribution < -0.4 is 0 Å². The van der Waals surface area contributed by atoms with Gasteiger partial charge in [-0.3, -0.25) is 0 Å². The second kappa shape index (κ2) is 19.1. The minimum absolute atomic E-state index is 0.0138. The molecule has 14 heteroatoms. The Kier molecular flexibility index (Phi) is 15.9. The van der Waals surface area contributed by atoms with E-state index >= 15 is 0 Å². The number of hydrogen-bond donors (Lipinski definition) is 0. The van der Waals surface area contributed by atoms with E-state index in [0.29, 0.717) is 26.0 Å². The van der Waals surface area contributed by atoms with E-state index in [2.05, 4.69) is 6.92 Å². The van der Waals surface area contributed by atoms with Crippen LogP contribution in [0.4, 0.5) is 0 Å². The van der Waals surface area contributed by atoms with Crippen LogP contribution in [0.15, 0.2) is 60.7 Å². The predicted molar refractivity (Wildman–Crippen MR) is 204 cm³/mol. The normalized spacial score (nSPS) is 30.4. The van der Waals surface area contributed by atoms with Crippen LogP contribution in [-0.4, -0.2) is 114 Å². The molecule has 4 aliphatic heterocycles. The topological polar surface area (TPSA) is 126 Å². The second-order valence-corrected chi connectivity index (χ2v) is 22.4. The van der Waals surface area contributed by atoms with Crippen LogP contribution in [0.1, 0.15) is 58.6 Å². The van der Waals surface area contributed by atoms with Gasteiger partial charge in [0.05, 0.1) is 31.8 Å². The Balaban J connectivity index is 0.000000196. The molecular formula is C39H62O12P2. The maximum absolute atomic E-state index is 12.8. The maximum Gasteiger partial charge on any atom is 0.186 e. The lowest BCUT2D eigenvalue weighted by Crippen LogP contribution is -2.33. The minimum atomic E-state index is -2.50. The quantitative estimate of drug-likeness (QED) is 0.187. The lowest BCUT2D eigenvalue weighted by Gasteiger charge is -2.28. The zero-order valence-electron chi connectivity index (χ0n) is 33.3. The Morgan fingerprint density at radius 2 is 1.09 bits per heavy atom. The lowest BCUT2D eigenvalue weighted by atomic mass is 10.1. The first-order valence-corrected chi connectivity index (χ1v) is 23.7. The van der Waals surface area contributed by atoms with Gasteiger partial charge in [-0.2, -0.15) is 0 Å². The summed E-state index contributed by atoms with van der Waals surface area (Å²) in [6.45, 7) is 17.6. The first kappa shape index (κ1) is 44.2. The number of rotatable bonds is 13. The minimum Gasteiger partial charge on any atom is -0.369 e. The predicted octanol–water partition coefficient (Wildman–Crippen LogP) is 7.50. The smallest absolute Gasteiger partial charge is 0.186 e. The van der Waals surface area contributed by atoms with Crippen LogP contribution in [0.5, 0.6) is 0 Å². The summed E-state index contributed by atoms with van der Waals surface area (Å²) in [5.74, 6) is -1.61. The van der Waals surface area contributed by atoms with Gasteiger partial charge < -0.3 is 56.5 Å². The van der Waals surface area contributed by atoms with Crippen molar-refractivity contribution in [1.82, 2.24) is 0 Å². The molecule has 4 aliphatic rings. The lowest BCUT2D eigenvalue weighted by molar-refractivity contribution is -0.229. The highest BCUT2D eigenvalue weighted by Gasteiger charge is 2.57. The van der Waals surface area contributed by atoms with E-state index in [1.807, 2.05) is 88.4 Å². The molecule has 0 radical (unpaired) electrons. The summed E-state index contributed by atoms with van der Waals surface area (Å²) in [5, 5.41) is 0. The summed E-state index contributed by atoms with van der Waals surface area (Å²) in [5.41, 5.74) is 2.17. The van der Waals surface area contributed by atoms with Gasteiger partial charge in [0.15, 0.2) is 24.2 Å². The van der Waals surface area contributed by atoms with Gasteiger partial charge in [-0.25, -0.2) is 0 Å². The third kappa shape index (κ3) is 13.3. The Labute approximate surface area is 316 Å². The molecule has 2 aromatic carbocycles. The summed E-state index contributed by atoms with van der Waals surface area (Å²) in [4.78, 5) is 0. The number of fused-ring (bicyclic) bond motifs is 2. The molecule has 12 nitrogen and oxygen atoms in total. The van der Waals surface area contributed by atoms with E-state index in [9.17, 15) is 9.13 Å². The van der Waals surface area contributed by atoms with Gasteiger partial charge >= 0.3 is 0 Å². The zero-order chi connectivity index (χ0) is 39.0. The van der Waals surface area contributed by atoms with Gasteiger partial charge in [-0.1, -0.05) is 67.6 Å². The third-order valence-corrected chi connectivity index (χ3v) is 11.6. The molecular weight excluding hydrogens is 722 g/mol. The van der Waals surface area contributed by atoms with Crippen molar-refractivity contribution in [3.63, 3.8) is 0 Å². The molecule has 2 aromatic rings. The number of ether oxygens (including phenoxy) is 10. The van der Waals surface area contributed by atoms with Gasteiger partial charge in [-0.15, -0.1) is 0 Å². The second-order valence-electron chi connectivity index (χ2n) is 15.6. The van der Waals surface area contributed by atoms with Crippen LogP contribution in [0.2, 0.25) is 0 Å². The molecule has 4 saturated heterocycles. The SMILES string of the molecule is CC[C@H]1O[C@@H](OC)[C@@H]2OC(C)(C)O[C@@H]21.CO[C@@H]1O[C@H](CC(OCc2ccccc2)P(C)(C)=O)[C@H]2OC(C)(C)O[C@@H]12.CP(C)(=O)COCc1ccccc1. The van der Waals surface area contributed by atoms with Crippen molar-refractivity contribution >= 4 is 14.3 Å². The van der Waals surface area contributed by atoms with Crippen LogP contribution in [-0.2, 0) is 69.7 Å². The fourth-order valence-electron chi connectivity index (χ4n) is 6.61. The standard InChI is InChI=1S/C19H29O6P.C10H18O4.C10H15O2P/c1-19(2)24-16-14(23-18(21-3)17(16)25-19)11-15(26(4,5)20)22-12-13-9-7-6-8-10-13;1-5-6-7-8(9(11-4)12-6)14-10(2,3)13-7;1-13(2,11)9-12-8-10-6-4-3-5-7-10/h6-10,14-18H,11-12H2,1-5H3;6-9H,5H2,1-4H3;3-7H,8-9H2,1-2H3/t14-,15?,16-,17-,18-;6-,7-,8-,9-;/m11./s1. The fraction of sp³-hybridized carbons (Fsp3) is 0.692. The summed E-state index contributed by atoms with van der Waals surface area (Å²) in [7, 11) is -1.30. The first-order chi connectivity index (χ1) is 24.8. The third-order valence-electron chi connectivity index (χ3n) is 9.01. The Bertz CT molecular complexity index is 1460. The molecule has 0 saturated carbocycles. The van der Waals surface area contributed by atoms with Crippen LogP contribution in [0.25, 0.3) is 0 Å². The molecule has 4 fully saturated rings. The maximum atomic E-state index is 12.8. The summed E-state index contributed by atoms with van der Waals surface area (Å²) < 4.78 is 81.2. The number of benzene rings is 2. The van der Waals surface area contributed by atoms with Crippen molar-refractivity contribution in [2.24, 2.45) is 0 Å². The van der Waals surface area contributed by atoms with Crippen LogP contribution in [0.3, 0.4) is 0 Å². The Morgan fingerprint density at radius 1 is 0.660 bits per heavy atom. The molecule has 4 heterocycles. The number of hydrogen-bond acceptors (Lipinski definition) is 12. The van der Waals surface area contributed by atoms with E-state index in [1.54, 1.807) is 40.9 Å². The zero-order valence-corrected chi connectivity index (χ0v) is 35.1. The average molecular weight is 785 g/mol. The fourth-order valence-corrected chi connectivity index (χ4v) is 8.29. The summed E-state index contributed by atoms with van der Waals surface area (Å²) in [6, 6.07) is 19.8. The summed E-state index contributed by atoms with van der Waals surface area (Å²) >= 11 is 0. The van der Waals surface area contributed by atoms with E-state index in [4.69, 9.17) is 47.4 Å². The molecule has 0 N–H and O–H groups in total. The van der Waals surface area contributed by atoms with Gasteiger partial charge in [0.2, 0.25) is 0 Å². The van der Waals surface area contributed by atoms with Gasteiger partial charge in [-0.05, 0) is 71.9 Å². The summed E-state index contributed by atoms with van der Waals surface area (Å²) in [6.07, 6.45) is 0.154. The average Bonchev–Trinajstić information content (AvgIpc) is 3.78. The number of methoxy groups -OCH3 is 2. The Hall–Kier alpha value is -1.50. The van der Waals surface area contributed by atoms with Crippen LogP contribution >= 0.6 is 14.3 Å². The van der Waals surface area contributed by atoms with Crippen molar-refractivity contribution in [3.8, 4) is 0 Å². The molecule has 9 atom stereocenters. The van der Waals surface area contributed by atoms with Gasteiger partial charge in [0, 0.05) is 20.6 Å². The molecule has 53 heavy (non-hydrogen) atoms. The molecule has 0 bridgehead atoms. The molecule has 0 aromatic heterocycles. The van der Waals surface area contributed by atoms with Crippen molar-refractivity contribution in [1.29, 1.82) is 0 Å². The highest BCUT2D eigenvalue weighted by Crippen LogP contribution is 2.49. The Morgan fingerprint density at radius 3 is 1.53 bits per heavy atom. The molecule has 0 spiro atoms. The molecule has 6 rings (SSSR count). The van der Waals surface area contributed by atoms with E-state index < -0.39 is 38.0 Å². The van der Waals surface area contributed by atoms with Crippen molar-refractivity contribution in [3.05, 3.63) is 71.8 Å². The highest BCUT2D eigenvalue weighted by molar-refractivity contribution is 7.63. The van der Waals surface area contributed by atoms with Crippen molar-refractivity contribution in [2.75, 3.05) is 47.2 Å². The molecule has 1 unspecified atom stereocenters. The van der Waals surface area contributed by atoms with E-state index in [1.165, 1.54) is 0 Å².